The van der Waals surface area contributed by atoms with E-state index in [1.165, 1.54) is 10.8 Å². The Kier molecular flexibility index (Phi) is 17.3. The topological polar surface area (TPSA) is 138 Å². The van der Waals surface area contributed by atoms with Gasteiger partial charge in [0.25, 0.3) is 0 Å². The summed E-state index contributed by atoms with van der Waals surface area (Å²) in [4.78, 5) is 37.7. The monoisotopic (exact) mass is 701 g/mol. The fourth-order valence-electron chi connectivity index (χ4n) is 3.81. The van der Waals surface area contributed by atoms with Crippen molar-refractivity contribution < 1.29 is 23.9 Å². The van der Waals surface area contributed by atoms with Crippen LogP contribution in [-0.2, 0) is 25.6 Å². The number of aliphatic imine (C=N–C) groups is 1. The number of halogens is 3. The van der Waals surface area contributed by atoms with Gasteiger partial charge in [0.1, 0.15) is 0 Å². The van der Waals surface area contributed by atoms with Crippen molar-refractivity contribution in [2.24, 2.45) is 10.7 Å². The molecule has 47 heavy (non-hydrogen) atoms. The third-order valence-corrected chi connectivity index (χ3v) is 7.17. The molecule has 0 radical (unpaired) electrons. The highest BCUT2D eigenvalue weighted by Crippen LogP contribution is 2.19. The minimum absolute atomic E-state index is 0.0780. The Morgan fingerprint density at radius 3 is 1.85 bits per heavy atom. The summed E-state index contributed by atoms with van der Waals surface area (Å²) in [6.45, 7) is 7.54. The summed E-state index contributed by atoms with van der Waals surface area (Å²) in [5.41, 5.74) is 8.56. The SMILES string of the molecule is CCOC(=O)C(Cn1cccn1)OC(=O)N[C@@H](C)c1ccc(Cl)cc1.C[C@H](N)c1ccc(Cl)cc1.C[C@H](N=C=O)c1ccc(Cl)cc1. The first-order valence-electron chi connectivity index (χ1n) is 14.6. The predicted octanol–water partition coefficient (Wildman–Crippen LogP) is 8.05. The van der Waals surface area contributed by atoms with Crippen molar-refractivity contribution >= 4 is 52.9 Å². The van der Waals surface area contributed by atoms with Gasteiger partial charge in [-0.05, 0) is 86.8 Å². The third kappa shape index (κ3) is 14.9. The maximum atomic E-state index is 12.1. The van der Waals surface area contributed by atoms with Crippen molar-refractivity contribution in [3.8, 4) is 0 Å². The lowest BCUT2D eigenvalue weighted by molar-refractivity contribution is -0.154. The highest BCUT2D eigenvalue weighted by molar-refractivity contribution is 6.31. The molecule has 3 N–H and O–H groups in total. The second-order valence-electron chi connectivity index (χ2n) is 10.1. The zero-order valence-electron chi connectivity index (χ0n) is 26.5. The number of hydrogen-bond donors (Lipinski definition) is 2. The first kappa shape index (κ1) is 39.0. The number of nitrogens with one attached hydrogen (secondary N) is 1. The number of hydrogen-bond acceptors (Lipinski definition) is 8. The maximum absolute atomic E-state index is 12.1. The van der Waals surface area contributed by atoms with Crippen molar-refractivity contribution in [1.82, 2.24) is 15.1 Å². The smallest absolute Gasteiger partial charge is 0.408 e. The number of aromatic nitrogens is 2. The van der Waals surface area contributed by atoms with Crippen LogP contribution in [0.4, 0.5) is 4.79 Å². The number of carbonyl (C=O) groups is 2. The van der Waals surface area contributed by atoms with E-state index in [4.69, 9.17) is 50.0 Å². The van der Waals surface area contributed by atoms with E-state index in [9.17, 15) is 14.4 Å². The molecule has 0 bridgehead atoms. The van der Waals surface area contributed by atoms with Crippen LogP contribution in [0, 0.1) is 0 Å². The Morgan fingerprint density at radius 1 is 0.894 bits per heavy atom. The van der Waals surface area contributed by atoms with E-state index in [0.29, 0.717) is 10.0 Å². The van der Waals surface area contributed by atoms with Crippen LogP contribution in [0.2, 0.25) is 15.1 Å². The average molecular weight is 703 g/mol. The fraction of sp³-hybridized carbons (Fsp3) is 0.294. The number of ether oxygens (including phenoxy) is 2. The van der Waals surface area contributed by atoms with Crippen molar-refractivity contribution in [3.63, 3.8) is 0 Å². The molecular formula is C34H38Cl3N5O5. The summed E-state index contributed by atoms with van der Waals surface area (Å²) >= 11 is 17.2. The van der Waals surface area contributed by atoms with Crippen LogP contribution in [0.15, 0.2) is 96.2 Å². The van der Waals surface area contributed by atoms with Gasteiger partial charge in [-0.25, -0.2) is 14.4 Å². The number of nitrogens with zero attached hydrogens (tertiary/aromatic N) is 3. The Hall–Kier alpha value is -4.18. The highest BCUT2D eigenvalue weighted by Gasteiger charge is 2.26. The standard InChI is InChI=1S/C17H20ClN3O4.C9H8ClNO.C8H10ClN/c1-3-24-16(22)15(11-21-10-4-9-19-21)25-17(23)20-12(2)13-5-7-14(18)8-6-13;1-7(11-6-12)8-2-4-9(10)5-3-8;1-6(10)7-2-4-8(9)5-3-7/h4-10,12,15H,3,11H2,1-2H3,(H,20,23);2-5,7H,1H3;2-6H,10H2,1H3/t12-,15?;7-;6-/m000/s1. The van der Waals surface area contributed by atoms with Gasteiger partial charge < -0.3 is 20.5 Å². The minimum atomic E-state index is -1.09. The zero-order chi connectivity index (χ0) is 34.8. The van der Waals surface area contributed by atoms with E-state index in [1.54, 1.807) is 68.7 Å². The second kappa shape index (κ2) is 20.8. The summed E-state index contributed by atoms with van der Waals surface area (Å²) in [7, 11) is 0. The van der Waals surface area contributed by atoms with E-state index >= 15 is 0 Å². The number of rotatable bonds is 10. The lowest BCUT2D eigenvalue weighted by atomic mass is 10.1. The molecule has 13 heteroatoms. The van der Waals surface area contributed by atoms with Crippen molar-refractivity contribution in [2.45, 2.75) is 58.5 Å². The molecule has 0 aliphatic heterocycles. The Morgan fingerprint density at radius 2 is 1.40 bits per heavy atom. The summed E-state index contributed by atoms with van der Waals surface area (Å²) in [5, 5.41) is 8.74. The van der Waals surface area contributed by atoms with Gasteiger partial charge in [-0.3, -0.25) is 4.68 Å². The van der Waals surface area contributed by atoms with E-state index in [-0.39, 0.29) is 31.3 Å². The molecule has 0 saturated heterocycles. The van der Waals surface area contributed by atoms with E-state index in [2.05, 4.69) is 15.4 Å². The number of benzene rings is 3. The Labute approximate surface area is 289 Å². The van der Waals surface area contributed by atoms with Crippen LogP contribution in [0.5, 0.6) is 0 Å². The number of nitrogens with two attached hydrogens (primary N) is 1. The minimum Gasteiger partial charge on any atom is -0.463 e. The Bertz CT molecular complexity index is 1540. The molecule has 4 rings (SSSR count). The van der Waals surface area contributed by atoms with Crippen LogP contribution in [0.3, 0.4) is 0 Å². The molecule has 1 unspecified atom stereocenters. The van der Waals surface area contributed by atoms with Gasteiger partial charge in [0.15, 0.2) is 0 Å². The summed E-state index contributed by atoms with van der Waals surface area (Å²) in [5.74, 6) is -0.618. The van der Waals surface area contributed by atoms with E-state index < -0.39 is 18.2 Å². The molecule has 0 aliphatic rings. The number of esters is 1. The van der Waals surface area contributed by atoms with Crippen LogP contribution in [0.25, 0.3) is 0 Å². The molecule has 0 saturated carbocycles. The van der Waals surface area contributed by atoms with Crippen LogP contribution in [-0.4, -0.2) is 40.6 Å². The molecule has 0 fully saturated rings. The molecule has 4 aromatic rings. The Balaban J connectivity index is 0.000000287. The summed E-state index contributed by atoms with van der Waals surface area (Å²) in [6.07, 6.45) is 2.97. The van der Waals surface area contributed by atoms with Crippen LogP contribution >= 0.6 is 34.8 Å². The predicted molar refractivity (Wildman–Crippen MR) is 184 cm³/mol. The van der Waals surface area contributed by atoms with Crippen molar-refractivity contribution in [2.75, 3.05) is 6.61 Å². The molecular weight excluding hydrogens is 665 g/mol. The van der Waals surface area contributed by atoms with E-state index in [0.717, 1.165) is 21.7 Å². The van der Waals surface area contributed by atoms with Gasteiger partial charge in [-0.1, -0.05) is 71.2 Å². The normalized spacial score (nSPS) is 12.7. The molecule has 250 valence electrons. The number of alkyl carbamates (subject to hydrolysis) is 1. The lowest BCUT2D eigenvalue weighted by Gasteiger charge is -2.19. The molecule has 0 aliphatic carbocycles. The molecule has 1 aromatic heterocycles. The highest BCUT2D eigenvalue weighted by atomic mass is 35.5. The number of amides is 1. The summed E-state index contributed by atoms with van der Waals surface area (Å²) < 4.78 is 11.7. The van der Waals surface area contributed by atoms with Gasteiger partial charge >= 0.3 is 12.1 Å². The number of carbonyl (C=O) groups excluding carboxylic acids is 3. The number of isocyanates is 1. The van der Waals surface area contributed by atoms with Crippen LogP contribution in [0.1, 0.15) is 62.5 Å². The van der Waals surface area contributed by atoms with Crippen molar-refractivity contribution in [1.29, 1.82) is 0 Å². The fourth-order valence-corrected chi connectivity index (χ4v) is 4.19. The zero-order valence-corrected chi connectivity index (χ0v) is 28.7. The molecule has 0 spiro atoms. The first-order chi connectivity index (χ1) is 22.4. The lowest BCUT2D eigenvalue weighted by Crippen LogP contribution is -2.38. The van der Waals surface area contributed by atoms with E-state index in [1.807, 2.05) is 50.2 Å². The maximum Gasteiger partial charge on any atom is 0.408 e. The van der Waals surface area contributed by atoms with Crippen molar-refractivity contribution in [3.05, 3.63) is 123 Å². The van der Waals surface area contributed by atoms with Gasteiger partial charge in [0, 0.05) is 33.5 Å². The van der Waals surface area contributed by atoms with Gasteiger partial charge in [-0.15, -0.1) is 0 Å². The molecule has 10 nitrogen and oxygen atoms in total. The quantitative estimate of drug-likeness (QED) is 0.0969. The van der Waals surface area contributed by atoms with Crippen LogP contribution < -0.4 is 11.1 Å². The van der Waals surface area contributed by atoms with Gasteiger partial charge in [0.2, 0.25) is 12.2 Å². The average Bonchev–Trinajstić information content (AvgIpc) is 3.56. The molecule has 4 atom stereocenters. The van der Waals surface area contributed by atoms with Gasteiger partial charge in [-0.2, -0.15) is 10.1 Å². The summed E-state index contributed by atoms with van der Waals surface area (Å²) in [6, 6.07) is 23.2. The molecule has 1 amide bonds. The third-order valence-electron chi connectivity index (χ3n) is 6.41. The largest absolute Gasteiger partial charge is 0.463 e. The molecule has 1 heterocycles. The second-order valence-corrected chi connectivity index (χ2v) is 11.4. The molecule has 3 aromatic carbocycles. The van der Waals surface area contributed by atoms with Gasteiger partial charge in [0.05, 0.1) is 25.2 Å². The first-order valence-corrected chi connectivity index (χ1v) is 15.8.